The van der Waals surface area contributed by atoms with Crippen LogP contribution in [0.15, 0.2) is 66.9 Å². The van der Waals surface area contributed by atoms with Gasteiger partial charge in [-0.05, 0) is 48.0 Å². The zero-order valence-corrected chi connectivity index (χ0v) is 17.0. The van der Waals surface area contributed by atoms with Gasteiger partial charge in [0.1, 0.15) is 23.9 Å². The molecular formula is C25H16F3NO4. The van der Waals surface area contributed by atoms with Crippen molar-refractivity contribution in [3.8, 4) is 28.4 Å². The van der Waals surface area contributed by atoms with Gasteiger partial charge in [-0.3, -0.25) is 9.78 Å². The number of alkyl halides is 3. The largest absolute Gasteiger partial charge is 0.508 e. The molecule has 1 aliphatic rings. The Bertz CT molecular complexity index is 1370. The van der Waals surface area contributed by atoms with E-state index in [-0.39, 0.29) is 18.1 Å². The number of aldehydes is 1. The summed E-state index contributed by atoms with van der Waals surface area (Å²) in [7, 11) is 0. The standard InChI is InChI=1S/C25H16F3NO4/c26-25(27,28)15-3-7-18-20-13-29-21-12-16(31)4-8-19(21)23(20)24(33-22(18)11-15)14-1-5-17(6-2-14)32-10-9-30/h1-9,11-13,24,31H,10H2/t24-/m1/s1. The summed E-state index contributed by atoms with van der Waals surface area (Å²) in [4.78, 5) is 15.0. The number of rotatable bonds is 4. The number of pyridine rings is 1. The number of fused-ring (bicyclic) bond motifs is 5. The SMILES string of the molecule is O=CCOc1ccc([C@H]2Oc3cc(C(F)(F)F)ccc3-c3cnc4cc(O)ccc4c32)cc1. The van der Waals surface area contributed by atoms with Crippen LogP contribution in [0.25, 0.3) is 22.0 Å². The number of aromatic hydroxyl groups is 1. The van der Waals surface area contributed by atoms with E-state index in [4.69, 9.17) is 9.47 Å². The third kappa shape index (κ3) is 3.73. The van der Waals surface area contributed by atoms with Crippen molar-refractivity contribution in [3.63, 3.8) is 0 Å². The molecule has 1 aliphatic heterocycles. The maximum Gasteiger partial charge on any atom is 0.416 e. The summed E-state index contributed by atoms with van der Waals surface area (Å²) < 4.78 is 51.4. The molecule has 0 radical (unpaired) electrons. The number of hydrogen-bond donors (Lipinski definition) is 1. The van der Waals surface area contributed by atoms with Crippen molar-refractivity contribution in [2.24, 2.45) is 0 Å². The average Bonchev–Trinajstić information content (AvgIpc) is 2.81. The van der Waals surface area contributed by atoms with Crippen LogP contribution in [-0.4, -0.2) is 23.0 Å². The summed E-state index contributed by atoms with van der Waals surface area (Å²) in [6, 6.07) is 15.0. The number of hydrogen-bond acceptors (Lipinski definition) is 5. The van der Waals surface area contributed by atoms with Crippen LogP contribution in [0.5, 0.6) is 17.2 Å². The Balaban J connectivity index is 1.70. The van der Waals surface area contributed by atoms with Crippen molar-refractivity contribution in [2.45, 2.75) is 12.3 Å². The average molecular weight is 451 g/mol. The fraction of sp³-hybridized carbons (Fsp3) is 0.120. The maximum atomic E-state index is 13.3. The van der Waals surface area contributed by atoms with E-state index in [2.05, 4.69) is 4.98 Å². The van der Waals surface area contributed by atoms with E-state index in [0.29, 0.717) is 39.6 Å². The summed E-state index contributed by atoms with van der Waals surface area (Å²) in [5.41, 5.74) is 2.28. The molecule has 5 rings (SSSR count). The molecule has 1 atom stereocenters. The highest BCUT2D eigenvalue weighted by atomic mass is 19.4. The first kappa shape index (κ1) is 20.8. The quantitative estimate of drug-likeness (QED) is 0.404. The predicted octanol–water partition coefficient (Wildman–Crippen LogP) is 5.69. The van der Waals surface area contributed by atoms with Crippen LogP contribution in [0.4, 0.5) is 13.2 Å². The Morgan fingerprint density at radius 3 is 2.55 bits per heavy atom. The van der Waals surface area contributed by atoms with E-state index in [1.807, 2.05) is 0 Å². The van der Waals surface area contributed by atoms with E-state index < -0.39 is 17.8 Å². The minimum absolute atomic E-state index is 0.0510. The molecule has 8 heteroatoms. The van der Waals surface area contributed by atoms with Crippen LogP contribution in [0, 0.1) is 0 Å². The van der Waals surface area contributed by atoms with Gasteiger partial charge in [0, 0.05) is 34.3 Å². The van der Waals surface area contributed by atoms with E-state index in [0.717, 1.165) is 17.7 Å². The minimum Gasteiger partial charge on any atom is -0.508 e. The molecular weight excluding hydrogens is 435 g/mol. The lowest BCUT2D eigenvalue weighted by Crippen LogP contribution is -2.17. The first-order valence-electron chi connectivity index (χ1n) is 10.0. The molecule has 0 saturated heterocycles. The molecule has 1 aromatic heterocycles. The summed E-state index contributed by atoms with van der Waals surface area (Å²) in [6.45, 7) is -0.0878. The molecule has 0 spiro atoms. The number of nitrogens with zero attached hydrogens (tertiary/aromatic N) is 1. The van der Waals surface area contributed by atoms with Crippen LogP contribution >= 0.6 is 0 Å². The molecule has 5 nitrogen and oxygen atoms in total. The number of phenols is 1. The molecule has 0 amide bonds. The molecule has 3 aromatic carbocycles. The number of carbonyl (C=O) groups excluding carboxylic acids is 1. The highest BCUT2D eigenvalue weighted by Crippen LogP contribution is 2.48. The summed E-state index contributed by atoms with van der Waals surface area (Å²) in [5, 5.41) is 10.6. The second kappa shape index (κ2) is 7.81. The highest BCUT2D eigenvalue weighted by Gasteiger charge is 2.35. The van der Waals surface area contributed by atoms with Gasteiger partial charge < -0.3 is 14.6 Å². The van der Waals surface area contributed by atoms with Crippen LogP contribution in [0.1, 0.15) is 22.8 Å². The summed E-state index contributed by atoms with van der Waals surface area (Å²) in [6.07, 6.45) is -3.02. The van der Waals surface area contributed by atoms with Crippen molar-refractivity contribution in [1.82, 2.24) is 4.98 Å². The fourth-order valence-electron chi connectivity index (χ4n) is 4.01. The molecule has 4 aromatic rings. The number of aromatic nitrogens is 1. The van der Waals surface area contributed by atoms with E-state index in [1.165, 1.54) is 18.2 Å². The van der Waals surface area contributed by atoms with Crippen molar-refractivity contribution < 1.29 is 32.5 Å². The van der Waals surface area contributed by atoms with E-state index >= 15 is 0 Å². The van der Waals surface area contributed by atoms with Gasteiger partial charge in [0.15, 0.2) is 12.4 Å². The van der Waals surface area contributed by atoms with Crippen molar-refractivity contribution >= 4 is 17.2 Å². The second-order valence-corrected chi connectivity index (χ2v) is 7.54. The number of phenolic OH excluding ortho intramolecular Hbond substituents is 1. The molecule has 166 valence electrons. The third-order valence-electron chi connectivity index (χ3n) is 5.50. The van der Waals surface area contributed by atoms with E-state index in [1.54, 1.807) is 36.5 Å². The lowest BCUT2D eigenvalue weighted by Gasteiger charge is -2.30. The maximum absolute atomic E-state index is 13.3. The van der Waals surface area contributed by atoms with Gasteiger partial charge in [-0.25, -0.2) is 0 Å². The molecule has 0 aliphatic carbocycles. The lowest BCUT2D eigenvalue weighted by atomic mass is 9.87. The molecule has 0 fully saturated rings. The Morgan fingerprint density at radius 2 is 1.82 bits per heavy atom. The number of carbonyl (C=O) groups is 1. The zero-order valence-electron chi connectivity index (χ0n) is 17.0. The third-order valence-corrected chi connectivity index (χ3v) is 5.50. The van der Waals surface area contributed by atoms with E-state index in [9.17, 15) is 23.1 Å². The van der Waals surface area contributed by atoms with Gasteiger partial charge in [0.05, 0.1) is 11.1 Å². The van der Waals surface area contributed by atoms with Crippen LogP contribution in [-0.2, 0) is 11.0 Å². The topological polar surface area (TPSA) is 68.7 Å². The zero-order chi connectivity index (χ0) is 23.2. The smallest absolute Gasteiger partial charge is 0.416 e. The molecule has 0 unspecified atom stereocenters. The fourth-order valence-corrected chi connectivity index (χ4v) is 4.01. The van der Waals surface area contributed by atoms with Crippen LogP contribution in [0.2, 0.25) is 0 Å². The van der Waals surface area contributed by atoms with Crippen LogP contribution < -0.4 is 9.47 Å². The number of ether oxygens (including phenoxy) is 2. The van der Waals surface area contributed by atoms with Crippen molar-refractivity contribution in [2.75, 3.05) is 6.61 Å². The molecule has 2 heterocycles. The highest BCUT2D eigenvalue weighted by molar-refractivity contribution is 5.92. The lowest BCUT2D eigenvalue weighted by molar-refractivity contribution is -0.137. The Labute approximate surface area is 186 Å². The van der Waals surface area contributed by atoms with Gasteiger partial charge >= 0.3 is 6.18 Å². The predicted molar refractivity (Wildman–Crippen MR) is 114 cm³/mol. The van der Waals surface area contributed by atoms with Gasteiger partial charge in [-0.15, -0.1) is 0 Å². The normalized spacial score (nSPS) is 14.8. The number of halogens is 3. The first-order chi connectivity index (χ1) is 15.8. The summed E-state index contributed by atoms with van der Waals surface area (Å²) >= 11 is 0. The Kier molecular flexibility index (Phi) is 4.92. The van der Waals surface area contributed by atoms with Gasteiger partial charge in [0.2, 0.25) is 0 Å². The number of benzene rings is 3. The van der Waals surface area contributed by atoms with Gasteiger partial charge in [0.25, 0.3) is 0 Å². The molecule has 0 saturated carbocycles. The second-order valence-electron chi connectivity index (χ2n) is 7.54. The molecule has 1 N–H and O–H groups in total. The van der Waals surface area contributed by atoms with Crippen molar-refractivity contribution in [3.05, 3.63) is 83.6 Å². The van der Waals surface area contributed by atoms with Gasteiger partial charge in [-0.2, -0.15) is 13.2 Å². The summed E-state index contributed by atoms with van der Waals surface area (Å²) in [5.74, 6) is 0.629. The van der Waals surface area contributed by atoms with Crippen LogP contribution in [0.3, 0.4) is 0 Å². The first-order valence-corrected chi connectivity index (χ1v) is 10.0. The Hall–Kier alpha value is -4.07. The molecule has 0 bridgehead atoms. The van der Waals surface area contributed by atoms with Crippen molar-refractivity contribution in [1.29, 1.82) is 0 Å². The van der Waals surface area contributed by atoms with Gasteiger partial charge in [-0.1, -0.05) is 12.1 Å². The Morgan fingerprint density at radius 1 is 1.03 bits per heavy atom. The molecule has 33 heavy (non-hydrogen) atoms. The minimum atomic E-state index is -4.51. The monoisotopic (exact) mass is 451 g/mol.